The van der Waals surface area contributed by atoms with Crippen molar-refractivity contribution >= 4 is 17.7 Å². The highest BCUT2D eigenvalue weighted by atomic mass is 32.2. The maximum absolute atomic E-state index is 11.2. The van der Waals surface area contributed by atoms with E-state index in [2.05, 4.69) is 11.8 Å². The van der Waals surface area contributed by atoms with Crippen molar-refractivity contribution in [2.24, 2.45) is 0 Å². The fourth-order valence-electron chi connectivity index (χ4n) is 2.26. The van der Waals surface area contributed by atoms with Gasteiger partial charge in [-0.2, -0.15) is 11.8 Å². The topological polar surface area (TPSA) is 38.8 Å². The lowest BCUT2D eigenvalue weighted by Crippen LogP contribution is -2.35. The molecule has 0 aromatic carbocycles. The minimum Gasteiger partial charge on any atom is -0.469 e. The van der Waals surface area contributed by atoms with Gasteiger partial charge in [-0.05, 0) is 37.3 Å². The second-order valence-electron chi connectivity index (χ2n) is 4.81. The number of esters is 1. The van der Waals surface area contributed by atoms with Crippen LogP contribution in [-0.4, -0.2) is 61.8 Å². The lowest BCUT2D eigenvalue weighted by Gasteiger charge is -2.24. The van der Waals surface area contributed by atoms with Crippen molar-refractivity contribution in [1.29, 1.82) is 0 Å². The maximum Gasteiger partial charge on any atom is 0.306 e. The van der Waals surface area contributed by atoms with Crippen LogP contribution in [0.1, 0.15) is 32.6 Å². The van der Waals surface area contributed by atoms with Crippen molar-refractivity contribution in [2.75, 3.05) is 44.9 Å². The molecule has 0 bridgehead atoms. The van der Waals surface area contributed by atoms with E-state index in [1.54, 1.807) is 0 Å². The minimum absolute atomic E-state index is 0.125. The normalized spacial score (nSPS) is 19.0. The average Bonchev–Trinajstić information content (AvgIpc) is 2.93. The van der Waals surface area contributed by atoms with Gasteiger partial charge >= 0.3 is 5.97 Å². The monoisotopic (exact) mass is 289 g/mol. The summed E-state index contributed by atoms with van der Waals surface area (Å²) < 4.78 is 10.4. The predicted octanol–water partition coefficient (Wildman–Crippen LogP) is 2.17. The first-order valence-corrected chi connectivity index (χ1v) is 8.40. The summed E-state index contributed by atoms with van der Waals surface area (Å²) in [5.74, 6) is 2.24. The maximum atomic E-state index is 11.2. The number of carbonyl (C=O) groups is 1. The van der Waals surface area contributed by atoms with Gasteiger partial charge in [0.15, 0.2) is 0 Å². The number of hydrogen-bond acceptors (Lipinski definition) is 5. The van der Waals surface area contributed by atoms with Crippen molar-refractivity contribution in [3.05, 3.63) is 0 Å². The number of ether oxygens (including phenoxy) is 2. The molecule has 1 fully saturated rings. The molecule has 0 spiro atoms. The molecule has 0 saturated carbocycles. The van der Waals surface area contributed by atoms with E-state index in [-0.39, 0.29) is 5.97 Å². The molecule has 112 valence electrons. The second-order valence-corrected chi connectivity index (χ2v) is 6.21. The Bertz CT molecular complexity index is 245. The predicted molar refractivity (Wildman–Crippen MR) is 79.7 cm³/mol. The number of methoxy groups -OCH3 is 1. The highest BCUT2D eigenvalue weighted by Gasteiger charge is 2.19. The zero-order valence-corrected chi connectivity index (χ0v) is 13.0. The average molecular weight is 289 g/mol. The van der Waals surface area contributed by atoms with Crippen LogP contribution in [0.3, 0.4) is 0 Å². The van der Waals surface area contributed by atoms with E-state index in [1.807, 2.05) is 11.8 Å². The zero-order chi connectivity index (χ0) is 13.9. The molecule has 0 amide bonds. The third-order valence-corrected chi connectivity index (χ3v) is 4.30. The summed E-state index contributed by atoms with van der Waals surface area (Å²) >= 11 is 1.97. The SMILES string of the molecule is CCSCCCN(CCC(=O)OC)CC1CCCO1. The van der Waals surface area contributed by atoms with Crippen LogP contribution in [0.25, 0.3) is 0 Å². The van der Waals surface area contributed by atoms with Gasteiger partial charge in [-0.25, -0.2) is 0 Å². The van der Waals surface area contributed by atoms with Crippen LogP contribution in [0, 0.1) is 0 Å². The van der Waals surface area contributed by atoms with E-state index in [4.69, 9.17) is 9.47 Å². The van der Waals surface area contributed by atoms with E-state index in [1.165, 1.54) is 31.5 Å². The highest BCUT2D eigenvalue weighted by Crippen LogP contribution is 2.14. The Morgan fingerprint density at radius 2 is 2.32 bits per heavy atom. The van der Waals surface area contributed by atoms with Gasteiger partial charge in [0.25, 0.3) is 0 Å². The Morgan fingerprint density at radius 3 is 2.95 bits per heavy atom. The molecule has 0 N–H and O–H groups in total. The van der Waals surface area contributed by atoms with Gasteiger partial charge in [-0.3, -0.25) is 4.79 Å². The van der Waals surface area contributed by atoms with Gasteiger partial charge in [0.2, 0.25) is 0 Å². The van der Waals surface area contributed by atoms with E-state index >= 15 is 0 Å². The lowest BCUT2D eigenvalue weighted by molar-refractivity contribution is -0.141. The Labute approximate surface area is 121 Å². The van der Waals surface area contributed by atoms with Gasteiger partial charge in [0, 0.05) is 19.7 Å². The largest absolute Gasteiger partial charge is 0.469 e. The third kappa shape index (κ3) is 7.80. The van der Waals surface area contributed by atoms with Gasteiger partial charge in [0.05, 0.1) is 19.6 Å². The molecule has 0 aliphatic carbocycles. The van der Waals surface area contributed by atoms with Crippen molar-refractivity contribution in [2.45, 2.75) is 38.7 Å². The van der Waals surface area contributed by atoms with Gasteiger partial charge < -0.3 is 14.4 Å². The van der Waals surface area contributed by atoms with Crippen LogP contribution in [-0.2, 0) is 14.3 Å². The van der Waals surface area contributed by atoms with Crippen LogP contribution in [0.4, 0.5) is 0 Å². The van der Waals surface area contributed by atoms with Crippen LogP contribution in [0.5, 0.6) is 0 Å². The van der Waals surface area contributed by atoms with E-state index < -0.39 is 0 Å². The molecule has 1 rings (SSSR count). The summed E-state index contributed by atoms with van der Waals surface area (Å²) in [5.41, 5.74) is 0. The second kappa shape index (κ2) is 10.5. The Morgan fingerprint density at radius 1 is 1.47 bits per heavy atom. The molecular weight excluding hydrogens is 262 g/mol. The number of nitrogens with zero attached hydrogens (tertiary/aromatic N) is 1. The van der Waals surface area contributed by atoms with Crippen LogP contribution >= 0.6 is 11.8 Å². The number of hydrogen-bond donors (Lipinski definition) is 0. The zero-order valence-electron chi connectivity index (χ0n) is 12.2. The number of carbonyl (C=O) groups excluding carboxylic acids is 1. The summed E-state index contributed by atoms with van der Waals surface area (Å²) in [5, 5.41) is 0. The first-order valence-electron chi connectivity index (χ1n) is 7.24. The van der Waals surface area contributed by atoms with Gasteiger partial charge in [0.1, 0.15) is 0 Å². The van der Waals surface area contributed by atoms with E-state index in [0.29, 0.717) is 12.5 Å². The Hall–Kier alpha value is -0.260. The van der Waals surface area contributed by atoms with Crippen molar-refractivity contribution in [3.63, 3.8) is 0 Å². The summed E-state index contributed by atoms with van der Waals surface area (Å²) in [6.45, 7) is 5.86. The van der Waals surface area contributed by atoms with Crippen LogP contribution < -0.4 is 0 Å². The van der Waals surface area contributed by atoms with Crippen molar-refractivity contribution in [1.82, 2.24) is 4.90 Å². The quantitative estimate of drug-likeness (QED) is 0.455. The van der Waals surface area contributed by atoms with E-state index in [0.717, 1.165) is 32.7 Å². The fourth-order valence-corrected chi connectivity index (χ4v) is 2.88. The molecule has 19 heavy (non-hydrogen) atoms. The fraction of sp³-hybridized carbons (Fsp3) is 0.929. The Kier molecular flexibility index (Phi) is 9.30. The summed E-state index contributed by atoms with van der Waals surface area (Å²) in [4.78, 5) is 13.6. The Balaban J connectivity index is 2.26. The van der Waals surface area contributed by atoms with Crippen molar-refractivity contribution < 1.29 is 14.3 Å². The van der Waals surface area contributed by atoms with Gasteiger partial charge in [-0.1, -0.05) is 6.92 Å². The molecular formula is C14H27NO3S. The molecule has 0 radical (unpaired) electrons. The molecule has 1 heterocycles. The molecule has 1 aliphatic heterocycles. The van der Waals surface area contributed by atoms with Crippen molar-refractivity contribution in [3.8, 4) is 0 Å². The van der Waals surface area contributed by atoms with Crippen LogP contribution in [0.2, 0.25) is 0 Å². The van der Waals surface area contributed by atoms with Gasteiger partial charge in [-0.15, -0.1) is 0 Å². The molecule has 1 saturated heterocycles. The molecule has 1 atom stereocenters. The first kappa shape index (κ1) is 16.8. The highest BCUT2D eigenvalue weighted by molar-refractivity contribution is 7.99. The molecule has 4 nitrogen and oxygen atoms in total. The smallest absolute Gasteiger partial charge is 0.306 e. The first-order chi connectivity index (χ1) is 9.26. The summed E-state index contributed by atoms with van der Waals surface area (Å²) in [6.07, 6.45) is 4.33. The number of rotatable bonds is 10. The molecule has 1 unspecified atom stereocenters. The van der Waals surface area contributed by atoms with E-state index in [9.17, 15) is 4.79 Å². The standard InChI is InChI=1S/C14H27NO3S/c1-3-19-11-5-8-15(9-7-14(16)17-2)12-13-6-4-10-18-13/h13H,3-12H2,1-2H3. The molecule has 1 aliphatic rings. The number of thioether (sulfide) groups is 1. The summed E-state index contributed by atoms with van der Waals surface area (Å²) in [6, 6.07) is 0. The van der Waals surface area contributed by atoms with Crippen LogP contribution in [0.15, 0.2) is 0 Å². The third-order valence-electron chi connectivity index (χ3n) is 3.31. The minimum atomic E-state index is -0.125. The molecule has 5 heteroatoms. The lowest BCUT2D eigenvalue weighted by atomic mass is 10.2. The summed E-state index contributed by atoms with van der Waals surface area (Å²) in [7, 11) is 1.45. The molecule has 0 aromatic heterocycles. The molecule has 0 aromatic rings.